The van der Waals surface area contributed by atoms with Gasteiger partial charge in [-0.2, -0.15) is 0 Å². The maximum atomic E-state index is 3.71. The number of hydrogen-bond donors (Lipinski definition) is 0. The third-order valence-electron chi connectivity index (χ3n) is 3.12. The Kier molecular flexibility index (Phi) is 6.41. The second kappa shape index (κ2) is 8.08. The molecule has 0 nitrogen and oxygen atoms in total. The van der Waals surface area contributed by atoms with E-state index in [4.69, 9.17) is 0 Å². The van der Waals surface area contributed by atoms with E-state index >= 15 is 0 Å². The molecular formula is C18H14AgBrP. The first kappa shape index (κ1) is 16.7. The molecule has 0 spiro atoms. The number of benzene rings is 3. The Morgan fingerprint density at radius 1 is 0.571 bits per heavy atom. The molecule has 0 fully saturated rings. The van der Waals surface area contributed by atoms with Gasteiger partial charge in [0.1, 0.15) is 0 Å². The first-order valence-corrected chi connectivity index (χ1v) is 8.64. The summed E-state index contributed by atoms with van der Waals surface area (Å²) in [5, 5.41) is 4.11. The van der Waals surface area contributed by atoms with Crippen LogP contribution in [0.15, 0.2) is 89.4 Å². The minimum absolute atomic E-state index is 0. The van der Waals surface area contributed by atoms with Gasteiger partial charge >= 0.3 is 0 Å². The van der Waals surface area contributed by atoms with Crippen LogP contribution in [0.1, 0.15) is 0 Å². The summed E-state index contributed by atoms with van der Waals surface area (Å²) in [5.74, 6) is 0. The molecular weight excluding hydrogens is 435 g/mol. The zero-order valence-electron chi connectivity index (χ0n) is 11.2. The van der Waals surface area contributed by atoms with Crippen molar-refractivity contribution in [3.63, 3.8) is 0 Å². The van der Waals surface area contributed by atoms with E-state index in [1.165, 1.54) is 20.4 Å². The van der Waals surface area contributed by atoms with Gasteiger partial charge in [-0.05, 0) is 29.9 Å². The van der Waals surface area contributed by atoms with E-state index in [2.05, 4.69) is 101 Å². The molecule has 0 aliphatic rings. The molecule has 3 aromatic carbocycles. The Labute approximate surface area is 151 Å². The van der Waals surface area contributed by atoms with Crippen molar-refractivity contribution in [2.45, 2.75) is 0 Å². The number of halogens is 1. The molecule has 0 saturated heterocycles. The van der Waals surface area contributed by atoms with Crippen molar-refractivity contribution in [2.75, 3.05) is 0 Å². The van der Waals surface area contributed by atoms with Gasteiger partial charge in [-0.3, -0.25) is 0 Å². The van der Waals surface area contributed by atoms with Crippen molar-refractivity contribution in [3.05, 3.63) is 89.4 Å². The Bertz CT molecular complexity index is 646. The van der Waals surface area contributed by atoms with Crippen LogP contribution >= 0.6 is 23.9 Å². The van der Waals surface area contributed by atoms with E-state index in [0.717, 1.165) is 0 Å². The van der Waals surface area contributed by atoms with Crippen LogP contribution in [0.4, 0.5) is 0 Å². The smallest absolute Gasteiger partial charge is 0.0258 e. The van der Waals surface area contributed by atoms with E-state index in [0.29, 0.717) is 0 Å². The summed E-state index contributed by atoms with van der Waals surface area (Å²) in [6, 6.07) is 30.0. The fourth-order valence-corrected chi connectivity index (χ4v) is 5.35. The van der Waals surface area contributed by atoms with E-state index < -0.39 is 7.92 Å². The van der Waals surface area contributed by atoms with Gasteiger partial charge in [-0.1, -0.05) is 94.8 Å². The van der Waals surface area contributed by atoms with Gasteiger partial charge in [0.15, 0.2) is 0 Å². The summed E-state index contributed by atoms with van der Waals surface area (Å²) in [5.41, 5.74) is 0. The first-order valence-electron chi connectivity index (χ1n) is 6.51. The van der Waals surface area contributed by atoms with Crippen LogP contribution in [0.5, 0.6) is 0 Å². The molecule has 0 saturated carbocycles. The Hall–Kier alpha value is -0.690. The summed E-state index contributed by atoms with van der Waals surface area (Å²) in [6.45, 7) is 0. The second-order valence-electron chi connectivity index (χ2n) is 4.46. The van der Waals surface area contributed by atoms with Gasteiger partial charge in [-0.15, -0.1) is 0 Å². The molecule has 0 aromatic heterocycles. The van der Waals surface area contributed by atoms with Crippen molar-refractivity contribution >= 4 is 39.8 Å². The van der Waals surface area contributed by atoms with E-state index in [1.807, 2.05) is 0 Å². The number of rotatable bonds is 3. The van der Waals surface area contributed by atoms with Gasteiger partial charge in [0.05, 0.1) is 0 Å². The average molecular weight is 449 g/mol. The topological polar surface area (TPSA) is 0 Å². The molecule has 109 valence electrons. The average Bonchev–Trinajstić information content (AvgIpc) is 2.52. The fraction of sp³-hybridized carbons (Fsp3) is 0. The van der Waals surface area contributed by atoms with Crippen LogP contribution in [0.3, 0.4) is 0 Å². The molecule has 0 atom stereocenters. The first-order chi connectivity index (χ1) is 9.86. The Morgan fingerprint density at radius 2 is 1.00 bits per heavy atom. The molecule has 1 radical (unpaired) electrons. The van der Waals surface area contributed by atoms with Crippen LogP contribution in [-0.2, 0) is 22.4 Å². The standard InChI is InChI=1S/C18H14BrP.Ag/c19-17-13-7-8-14-18(17)20(15-9-3-1-4-10-15)16-11-5-2-6-12-16;/h1-14H;. The van der Waals surface area contributed by atoms with Gasteiger partial charge < -0.3 is 0 Å². The van der Waals surface area contributed by atoms with Crippen LogP contribution in [0.25, 0.3) is 0 Å². The minimum atomic E-state index is -0.514. The maximum absolute atomic E-state index is 3.71. The maximum Gasteiger partial charge on any atom is 0.0258 e. The normalized spacial score (nSPS) is 10.2. The third-order valence-corrected chi connectivity index (χ3v) is 6.62. The quantitative estimate of drug-likeness (QED) is 0.416. The molecule has 3 aromatic rings. The van der Waals surface area contributed by atoms with Gasteiger partial charge in [0.2, 0.25) is 0 Å². The fourth-order valence-electron chi connectivity index (χ4n) is 2.21. The molecule has 0 N–H and O–H groups in total. The zero-order chi connectivity index (χ0) is 13.8. The van der Waals surface area contributed by atoms with Gasteiger partial charge in [0.25, 0.3) is 0 Å². The molecule has 3 heteroatoms. The Morgan fingerprint density at radius 3 is 1.48 bits per heavy atom. The third kappa shape index (κ3) is 3.94. The minimum Gasteiger partial charge on any atom is -0.0622 e. The largest absolute Gasteiger partial charge is 0.0622 e. The number of hydrogen-bond acceptors (Lipinski definition) is 0. The van der Waals surface area contributed by atoms with Crippen LogP contribution in [0, 0.1) is 0 Å². The summed E-state index contributed by atoms with van der Waals surface area (Å²) in [6.07, 6.45) is 0. The molecule has 0 unspecified atom stereocenters. The second-order valence-corrected chi connectivity index (χ2v) is 7.50. The van der Waals surface area contributed by atoms with Gasteiger partial charge in [0, 0.05) is 26.9 Å². The van der Waals surface area contributed by atoms with E-state index in [1.54, 1.807) is 0 Å². The van der Waals surface area contributed by atoms with Crippen molar-refractivity contribution in [1.29, 1.82) is 0 Å². The summed E-state index contributed by atoms with van der Waals surface area (Å²) in [7, 11) is -0.514. The Balaban J connectivity index is 0.00000161. The van der Waals surface area contributed by atoms with E-state index in [-0.39, 0.29) is 22.4 Å². The van der Waals surface area contributed by atoms with Crippen LogP contribution in [0.2, 0.25) is 0 Å². The molecule has 3 rings (SSSR count). The SMILES string of the molecule is Brc1ccccc1P(c1ccccc1)c1ccccc1.[Ag]. The van der Waals surface area contributed by atoms with Crippen molar-refractivity contribution in [1.82, 2.24) is 0 Å². The molecule has 0 aliphatic heterocycles. The molecule has 21 heavy (non-hydrogen) atoms. The van der Waals surface area contributed by atoms with Crippen molar-refractivity contribution in [2.24, 2.45) is 0 Å². The predicted octanol–water partition coefficient (Wildman–Crippen LogP) is 4.20. The molecule has 0 heterocycles. The summed E-state index contributed by atoms with van der Waals surface area (Å²) >= 11 is 3.71. The van der Waals surface area contributed by atoms with Crippen LogP contribution < -0.4 is 15.9 Å². The van der Waals surface area contributed by atoms with Crippen molar-refractivity contribution in [3.8, 4) is 0 Å². The zero-order valence-corrected chi connectivity index (χ0v) is 15.2. The molecule has 0 amide bonds. The van der Waals surface area contributed by atoms with E-state index in [9.17, 15) is 0 Å². The van der Waals surface area contributed by atoms with Crippen LogP contribution in [-0.4, -0.2) is 0 Å². The summed E-state index contributed by atoms with van der Waals surface area (Å²) in [4.78, 5) is 0. The predicted molar refractivity (Wildman–Crippen MR) is 92.8 cm³/mol. The molecule has 0 bridgehead atoms. The monoisotopic (exact) mass is 447 g/mol. The van der Waals surface area contributed by atoms with Gasteiger partial charge in [-0.25, -0.2) is 0 Å². The molecule has 0 aliphatic carbocycles. The summed E-state index contributed by atoms with van der Waals surface area (Å²) < 4.78 is 1.18. The van der Waals surface area contributed by atoms with Crippen molar-refractivity contribution < 1.29 is 22.4 Å².